The van der Waals surface area contributed by atoms with Gasteiger partial charge in [-0.25, -0.2) is 27.0 Å². The van der Waals surface area contributed by atoms with Gasteiger partial charge in [0.2, 0.25) is 0 Å². The number of rotatable bonds is 10. The van der Waals surface area contributed by atoms with Crippen molar-refractivity contribution >= 4 is 50.6 Å². The molecule has 0 spiro atoms. The predicted molar refractivity (Wildman–Crippen MR) is 156 cm³/mol. The highest BCUT2D eigenvalue weighted by Crippen LogP contribution is 2.34. The molecular weight excluding hydrogens is 598 g/mol. The van der Waals surface area contributed by atoms with Crippen LogP contribution in [0.25, 0.3) is 0 Å². The summed E-state index contributed by atoms with van der Waals surface area (Å²) >= 11 is 7.43. The number of amides is 1. The van der Waals surface area contributed by atoms with Gasteiger partial charge in [0.05, 0.1) is 23.3 Å². The van der Waals surface area contributed by atoms with E-state index in [-0.39, 0.29) is 34.7 Å². The zero-order chi connectivity index (χ0) is 30.7. The molecule has 0 radical (unpaired) electrons. The van der Waals surface area contributed by atoms with Gasteiger partial charge in [0.1, 0.15) is 27.9 Å². The molecule has 0 atom stereocenters. The number of aromatic nitrogens is 1. The normalized spacial score (nSPS) is 12.1. The number of anilines is 2. The van der Waals surface area contributed by atoms with E-state index < -0.39 is 38.2 Å². The second-order valence-electron chi connectivity index (χ2n) is 10.4. The van der Waals surface area contributed by atoms with Crippen LogP contribution >= 0.6 is 22.9 Å². The Kier molecular flexibility index (Phi) is 10.2. The molecule has 0 unspecified atom stereocenters. The van der Waals surface area contributed by atoms with Gasteiger partial charge in [-0.15, -0.1) is 15.6 Å². The summed E-state index contributed by atoms with van der Waals surface area (Å²) in [6, 6.07) is 4.74. The maximum Gasteiger partial charge on any atom is 0.430 e. The predicted octanol–water partition coefficient (Wildman–Crippen LogP) is 6.67. The van der Waals surface area contributed by atoms with Crippen molar-refractivity contribution in [1.82, 2.24) is 9.88 Å². The molecule has 9 nitrogen and oxygen atoms in total. The van der Waals surface area contributed by atoms with Crippen LogP contribution in [0.4, 0.5) is 25.1 Å². The van der Waals surface area contributed by atoms with Crippen molar-refractivity contribution in [2.45, 2.75) is 64.2 Å². The molecule has 14 heteroatoms. The van der Waals surface area contributed by atoms with Crippen LogP contribution in [-0.4, -0.2) is 50.2 Å². The molecule has 3 rings (SSSR count). The molecule has 0 saturated carbocycles. The molecule has 1 amide bonds. The van der Waals surface area contributed by atoms with Crippen molar-refractivity contribution < 1.29 is 31.5 Å². The number of carbonyl (C=O) groups is 1. The van der Waals surface area contributed by atoms with Gasteiger partial charge in [0.25, 0.3) is 10.0 Å². The van der Waals surface area contributed by atoms with E-state index in [1.807, 2.05) is 25.8 Å². The minimum atomic E-state index is -4.84. The lowest BCUT2D eigenvalue weighted by atomic mass is 10.0. The van der Waals surface area contributed by atoms with Gasteiger partial charge in [-0.2, -0.15) is 0 Å². The Labute approximate surface area is 248 Å². The van der Waals surface area contributed by atoms with Gasteiger partial charge in [-0.05, 0) is 65.9 Å². The van der Waals surface area contributed by atoms with Crippen LogP contribution in [-0.2, 0) is 27.8 Å². The van der Waals surface area contributed by atoms with Gasteiger partial charge in [0.15, 0.2) is 5.82 Å². The summed E-state index contributed by atoms with van der Waals surface area (Å²) in [6.07, 6.45) is -1.26. The second-order valence-corrected chi connectivity index (χ2v) is 13.3. The van der Waals surface area contributed by atoms with E-state index in [1.54, 1.807) is 20.8 Å². The zero-order valence-electron chi connectivity index (χ0n) is 23.8. The van der Waals surface area contributed by atoms with Crippen LogP contribution in [0, 0.1) is 11.6 Å². The molecule has 1 aromatic heterocycles. The van der Waals surface area contributed by atoms with Crippen LogP contribution in [0.1, 0.15) is 45.7 Å². The fourth-order valence-corrected chi connectivity index (χ4v) is 5.93. The third-order valence-electron chi connectivity index (χ3n) is 6.02. The number of nitrogens with one attached hydrogen (secondary N) is 1. The second kappa shape index (κ2) is 12.9. The minimum absolute atomic E-state index is 0.0194. The van der Waals surface area contributed by atoms with E-state index >= 15 is 4.39 Å². The summed E-state index contributed by atoms with van der Waals surface area (Å²) in [5.74, 6) is -1.46. The Morgan fingerprint density at radius 2 is 1.85 bits per heavy atom. The number of ether oxygens (including phenoxy) is 2. The summed E-state index contributed by atoms with van der Waals surface area (Å²) in [5, 5.41) is 4.04. The number of methoxy groups -OCH3 is 1. The van der Waals surface area contributed by atoms with E-state index in [4.69, 9.17) is 21.1 Å². The van der Waals surface area contributed by atoms with E-state index in [2.05, 4.69) is 10.3 Å². The first kappa shape index (κ1) is 32.5. The van der Waals surface area contributed by atoms with Crippen molar-refractivity contribution in [3.05, 3.63) is 62.9 Å². The highest BCUT2D eigenvalue weighted by atomic mass is 35.5. The number of thiazole rings is 1. The smallest absolute Gasteiger partial charge is 0.430 e. The van der Waals surface area contributed by atoms with Crippen molar-refractivity contribution in [3.8, 4) is 5.75 Å². The van der Waals surface area contributed by atoms with Crippen molar-refractivity contribution in [2.24, 2.45) is 0 Å². The molecule has 3 aromatic rings. The molecular formula is C27H33ClF2N4O5S2. The Bertz CT molecular complexity index is 1500. The van der Waals surface area contributed by atoms with Crippen LogP contribution in [0.2, 0.25) is 5.02 Å². The Hall–Kier alpha value is -3.00. The van der Waals surface area contributed by atoms with E-state index in [1.165, 1.54) is 30.1 Å². The lowest BCUT2D eigenvalue weighted by Crippen LogP contribution is -2.41. The molecule has 1 N–H and O–H groups in total. The molecule has 0 aliphatic rings. The maximum atomic E-state index is 15.4. The molecule has 0 fully saturated rings. The fraction of sp³-hybridized carbons (Fsp3) is 0.407. The number of benzene rings is 2. The maximum absolute atomic E-state index is 15.4. The Morgan fingerprint density at radius 3 is 2.41 bits per heavy atom. The van der Waals surface area contributed by atoms with Crippen LogP contribution in [0.3, 0.4) is 0 Å². The first-order chi connectivity index (χ1) is 19.1. The van der Waals surface area contributed by atoms with Gasteiger partial charge >= 0.3 is 6.09 Å². The van der Waals surface area contributed by atoms with Crippen molar-refractivity contribution in [3.63, 3.8) is 0 Å². The van der Waals surface area contributed by atoms with Crippen LogP contribution in [0.5, 0.6) is 5.75 Å². The monoisotopic (exact) mass is 630 g/mol. The van der Waals surface area contributed by atoms with E-state index in [0.29, 0.717) is 22.2 Å². The third-order valence-corrected chi connectivity index (χ3v) is 8.59. The first-order valence-electron chi connectivity index (χ1n) is 12.5. The third kappa shape index (κ3) is 7.64. The van der Waals surface area contributed by atoms with Gasteiger partial charge in [0, 0.05) is 35.6 Å². The molecule has 1 heterocycles. The Morgan fingerprint density at radius 1 is 1.17 bits per heavy atom. The average Bonchev–Trinajstić information content (AvgIpc) is 3.38. The average molecular weight is 631 g/mol. The van der Waals surface area contributed by atoms with Crippen molar-refractivity contribution in [1.29, 1.82) is 0 Å². The minimum Gasteiger partial charge on any atom is -0.496 e. The Balaban J connectivity index is 1.98. The summed E-state index contributed by atoms with van der Waals surface area (Å²) in [4.78, 5) is 18.0. The highest BCUT2D eigenvalue weighted by molar-refractivity contribution is 7.93. The summed E-state index contributed by atoms with van der Waals surface area (Å²) in [7, 11) is -1.46. The summed E-state index contributed by atoms with van der Waals surface area (Å²) in [6.45, 7) is 8.97. The molecule has 0 aliphatic carbocycles. The largest absolute Gasteiger partial charge is 0.496 e. The van der Waals surface area contributed by atoms with Crippen LogP contribution in [0.15, 0.2) is 40.1 Å². The standard InChI is InChI=1S/C27H33ClF2N4O5S2/c1-16(2)33(6)13-18-17(20(29)8-9-23(18)38-7)12-31-22-11-21(30)24(10-19(22)28)41(36,37)34(25-14-40-15-32-25)26(35)39-27(3,4)5/h8-11,14-16,31H,12-13H2,1-7H3. The molecule has 41 heavy (non-hydrogen) atoms. The summed E-state index contributed by atoms with van der Waals surface area (Å²) < 4.78 is 68.5. The van der Waals surface area contributed by atoms with Gasteiger partial charge in [-0.1, -0.05) is 11.6 Å². The van der Waals surface area contributed by atoms with Gasteiger partial charge < -0.3 is 14.8 Å². The molecule has 224 valence electrons. The molecule has 0 aliphatic heterocycles. The first-order valence-corrected chi connectivity index (χ1v) is 15.3. The number of hydrogen-bond donors (Lipinski definition) is 1. The number of carbonyl (C=O) groups excluding carboxylic acids is 1. The number of sulfonamides is 1. The fourth-order valence-electron chi connectivity index (χ4n) is 3.70. The highest BCUT2D eigenvalue weighted by Gasteiger charge is 2.38. The zero-order valence-corrected chi connectivity index (χ0v) is 26.2. The van der Waals surface area contributed by atoms with Crippen LogP contribution < -0.4 is 14.4 Å². The quantitative estimate of drug-likeness (QED) is 0.265. The number of nitrogens with zero attached hydrogens (tertiary/aromatic N) is 3. The lowest BCUT2D eigenvalue weighted by molar-refractivity contribution is 0.0608. The number of halogens is 3. The summed E-state index contributed by atoms with van der Waals surface area (Å²) in [5.41, 5.74) is 1.19. The number of hydrogen-bond acceptors (Lipinski definition) is 9. The molecule has 0 saturated heterocycles. The van der Waals surface area contributed by atoms with Gasteiger partial charge in [-0.3, -0.25) is 4.90 Å². The molecule has 2 aromatic carbocycles. The SMILES string of the molecule is COc1ccc(F)c(CNc2cc(F)c(S(=O)(=O)N(C(=O)OC(C)(C)C)c3cscn3)cc2Cl)c1CN(C)C(C)C. The van der Waals surface area contributed by atoms with E-state index in [0.717, 1.165) is 23.5 Å². The topological polar surface area (TPSA) is 101 Å². The lowest BCUT2D eigenvalue weighted by Gasteiger charge is -2.26. The van der Waals surface area contributed by atoms with E-state index in [9.17, 15) is 17.6 Å². The molecule has 0 bridgehead atoms. The van der Waals surface area contributed by atoms with Crippen molar-refractivity contribution in [2.75, 3.05) is 23.8 Å².